The Bertz CT molecular complexity index is 689. The van der Waals surface area contributed by atoms with Gasteiger partial charge in [-0.15, -0.1) is 0 Å². The first-order valence-corrected chi connectivity index (χ1v) is 8.43. The minimum absolute atomic E-state index is 0.0675. The Morgan fingerprint density at radius 3 is 2.58 bits per heavy atom. The second-order valence-corrected chi connectivity index (χ2v) is 7.86. The molecule has 0 aliphatic carbocycles. The highest BCUT2D eigenvalue weighted by Gasteiger charge is 2.47. The summed E-state index contributed by atoms with van der Waals surface area (Å²) in [6.45, 7) is -2.09. The first-order valence-electron chi connectivity index (χ1n) is 6.95. The van der Waals surface area contributed by atoms with Crippen molar-refractivity contribution in [3.8, 4) is 0 Å². The van der Waals surface area contributed by atoms with Crippen LogP contribution in [0.1, 0.15) is 25.3 Å². The molecule has 2 unspecified atom stereocenters. The zero-order valence-electron chi connectivity index (χ0n) is 12.5. The van der Waals surface area contributed by atoms with Crippen LogP contribution in [0.3, 0.4) is 0 Å². The van der Waals surface area contributed by atoms with Crippen molar-refractivity contribution < 1.29 is 39.8 Å². The molecule has 1 aliphatic heterocycles. The van der Waals surface area contributed by atoms with Gasteiger partial charge in [0.05, 0.1) is 23.2 Å². The van der Waals surface area contributed by atoms with Crippen LogP contribution >= 0.6 is 0 Å². The number of hydrogen-bond acceptors (Lipinski definition) is 4. The van der Waals surface area contributed by atoms with E-state index in [1.165, 1.54) is 0 Å². The van der Waals surface area contributed by atoms with E-state index in [-0.39, 0.29) is 13.0 Å². The number of benzene rings is 1. The Morgan fingerprint density at radius 1 is 1.33 bits per heavy atom. The van der Waals surface area contributed by atoms with Crippen LogP contribution in [-0.4, -0.2) is 32.7 Å². The summed E-state index contributed by atoms with van der Waals surface area (Å²) in [6, 6.07) is 3.22. The molecule has 1 aromatic rings. The predicted molar refractivity (Wildman–Crippen MR) is 73.1 cm³/mol. The van der Waals surface area contributed by atoms with Gasteiger partial charge in [0.25, 0.3) is 0 Å². The number of ether oxygens (including phenoxy) is 2. The molecule has 4 nitrogen and oxygen atoms in total. The summed E-state index contributed by atoms with van der Waals surface area (Å²) in [5.41, 5.74) is -1.12. The maximum Gasteiger partial charge on any atom is 0.416 e. The van der Waals surface area contributed by atoms with Crippen molar-refractivity contribution in [3.63, 3.8) is 0 Å². The topological polar surface area (TPSA) is 52.6 Å². The smallest absolute Gasteiger partial charge is 0.359 e. The van der Waals surface area contributed by atoms with E-state index >= 15 is 0 Å². The van der Waals surface area contributed by atoms with Crippen LogP contribution in [0.5, 0.6) is 0 Å². The van der Waals surface area contributed by atoms with Gasteiger partial charge in [-0.25, -0.2) is 8.42 Å². The largest absolute Gasteiger partial charge is 0.416 e. The van der Waals surface area contributed by atoms with Crippen molar-refractivity contribution in [2.45, 2.75) is 48.5 Å². The van der Waals surface area contributed by atoms with Gasteiger partial charge in [0.1, 0.15) is 0 Å². The minimum Gasteiger partial charge on any atom is -0.359 e. The van der Waals surface area contributed by atoms with E-state index < -0.39 is 50.5 Å². The van der Waals surface area contributed by atoms with E-state index in [1.807, 2.05) is 0 Å². The Hall–Kier alpha value is -1.26. The normalized spacial score (nSPS) is 25.9. The Labute approximate surface area is 135 Å². The monoisotopic (exact) mass is 374 g/mol. The molecule has 0 saturated carbocycles. The molecule has 0 aromatic heterocycles. The molecule has 1 heterocycles. The fourth-order valence-electron chi connectivity index (χ4n) is 2.52. The van der Waals surface area contributed by atoms with E-state index in [0.717, 1.165) is 25.1 Å². The van der Waals surface area contributed by atoms with Gasteiger partial charge < -0.3 is 9.47 Å². The molecular formula is C14H15F5O4S. The zero-order chi connectivity index (χ0) is 18.2. The fourth-order valence-corrected chi connectivity index (χ4v) is 4.20. The van der Waals surface area contributed by atoms with E-state index in [9.17, 15) is 30.4 Å². The second kappa shape index (κ2) is 6.57. The summed E-state index contributed by atoms with van der Waals surface area (Å²) in [5, 5.41) is 0. The quantitative estimate of drug-likeness (QED) is 0.756. The van der Waals surface area contributed by atoms with Gasteiger partial charge >= 0.3 is 12.8 Å². The molecule has 24 heavy (non-hydrogen) atoms. The SMILES string of the molecule is CC1(S(=O)(=O)c2cccc(C(F)(F)F)c2)CC(OC(F)F)CCO1. The average Bonchev–Trinajstić information content (AvgIpc) is 2.45. The van der Waals surface area contributed by atoms with Crippen LogP contribution in [0.25, 0.3) is 0 Å². The number of sulfone groups is 1. The van der Waals surface area contributed by atoms with Gasteiger partial charge in [0.15, 0.2) is 4.93 Å². The van der Waals surface area contributed by atoms with Crippen LogP contribution in [0.4, 0.5) is 22.0 Å². The highest BCUT2D eigenvalue weighted by molar-refractivity contribution is 7.92. The van der Waals surface area contributed by atoms with Crippen LogP contribution < -0.4 is 0 Å². The lowest BCUT2D eigenvalue weighted by Gasteiger charge is -2.37. The third-order valence-corrected chi connectivity index (χ3v) is 6.08. The van der Waals surface area contributed by atoms with E-state index in [0.29, 0.717) is 6.07 Å². The fraction of sp³-hybridized carbons (Fsp3) is 0.571. The minimum atomic E-state index is -4.71. The van der Waals surface area contributed by atoms with Crippen molar-refractivity contribution in [3.05, 3.63) is 29.8 Å². The van der Waals surface area contributed by atoms with Gasteiger partial charge in [-0.2, -0.15) is 22.0 Å². The molecule has 0 spiro atoms. The van der Waals surface area contributed by atoms with Crippen molar-refractivity contribution >= 4 is 9.84 Å². The molecule has 0 amide bonds. The molecule has 2 rings (SSSR count). The molecule has 136 valence electrons. The Balaban J connectivity index is 2.35. The highest BCUT2D eigenvalue weighted by Crippen LogP contribution is 2.38. The average molecular weight is 374 g/mol. The van der Waals surface area contributed by atoms with Gasteiger partial charge in [-0.1, -0.05) is 6.07 Å². The van der Waals surface area contributed by atoms with Gasteiger partial charge in [-0.3, -0.25) is 0 Å². The predicted octanol–water partition coefficient (Wildman–Crippen LogP) is 3.61. The summed E-state index contributed by atoms with van der Waals surface area (Å²) >= 11 is 0. The summed E-state index contributed by atoms with van der Waals surface area (Å²) in [7, 11) is -4.36. The summed E-state index contributed by atoms with van der Waals surface area (Å²) in [4.78, 5) is -2.54. The lowest BCUT2D eigenvalue weighted by molar-refractivity contribution is -0.192. The molecule has 1 aromatic carbocycles. The summed E-state index contributed by atoms with van der Waals surface area (Å²) < 4.78 is 97.9. The van der Waals surface area contributed by atoms with Crippen molar-refractivity contribution in [1.82, 2.24) is 0 Å². The molecule has 0 radical (unpaired) electrons. The molecule has 1 aliphatic rings. The zero-order valence-corrected chi connectivity index (χ0v) is 13.3. The second-order valence-electron chi connectivity index (χ2n) is 5.52. The standard InChI is InChI=1S/C14H15F5O4S/c1-13(8-10(5-6-22-13)23-12(15)16)24(20,21)11-4-2-3-9(7-11)14(17,18)19/h2-4,7,10,12H,5-6,8H2,1H3. The van der Waals surface area contributed by atoms with Crippen LogP contribution in [0.15, 0.2) is 29.2 Å². The van der Waals surface area contributed by atoms with Crippen molar-refractivity contribution in [1.29, 1.82) is 0 Å². The van der Waals surface area contributed by atoms with Gasteiger partial charge in [0.2, 0.25) is 9.84 Å². The summed E-state index contributed by atoms with van der Waals surface area (Å²) in [6.07, 6.45) is -6.11. The van der Waals surface area contributed by atoms with Crippen molar-refractivity contribution in [2.75, 3.05) is 6.61 Å². The van der Waals surface area contributed by atoms with Crippen LogP contribution in [-0.2, 0) is 25.5 Å². The maximum atomic E-state index is 12.8. The maximum absolute atomic E-state index is 12.8. The summed E-state index contributed by atoms with van der Waals surface area (Å²) in [5.74, 6) is 0. The van der Waals surface area contributed by atoms with Crippen molar-refractivity contribution in [2.24, 2.45) is 0 Å². The van der Waals surface area contributed by atoms with Gasteiger partial charge in [-0.05, 0) is 31.5 Å². The number of rotatable bonds is 4. The lowest BCUT2D eigenvalue weighted by atomic mass is 10.1. The molecule has 10 heteroatoms. The third kappa shape index (κ3) is 3.86. The first kappa shape index (κ1) is 19.1. The lowest BCUT2D eigenvalue weighted by Crippen LogP contribution is -2.46. The third-order valence-electron chi connectivity index (χ3n) is 3.78. The Kier molecular flexibility index (Phi) is 5.22. The number of alkyl halides is 5. The van der Waals surface area contributed by atoms with E-state index in [1.54, 1.807) is 0 Å². The van der Waals surface area contributed by atoms with E-state index in [4.69, 9.17) is 4.74 Å². The first-order chi connectivity index (χ1) is 11.0. The molecule has 1 saturated heterocycles. The molecule has 2 atom stereocenters. The van der Waals surface area contributed by atoms with Crippen LogP contribution in [0.2, 0.25) is 0 Å². The highest BCUT2D eigenvalue weighted by atomic mass is 32.2. The van der Waals surface area contributed by atoms with E-state index in [2.05, 4.69) is 4.74 Å². The molecule has 0 N–H and O–H groups in total. The molecule has 1 fully saturated rings. The Morgan fingerprint density at radius 2 is 2.00 bits per heavy atom. The van der Waals surface area contributed by atoms with Crippen LogP contribution in [0, 0.1) is 0 Å². The number of halogens is 5. The van der Waals surface area contributed by atoms with Gasteiger partial charge in [0, 0.05) is 6.42 Å². The molecule has 0 bridgehead atoms. The number of hydrogen-bond donors (Lipinski definition) is 0. The molecular weight excluding hydrogens is 359 g/mol.